The van der Waals surface area contributed by atoms with E-state index in [0.29, 0.717) is 19.0 Å². The molecular weight excluding hydrogens is 278 g/mol. The van der Waals surface area contributed by atoms with Crippen molar-refractivity contribution in [2.75, 3.05) is 29.9 Å². The van der Waals surface area contributed by atoms with Gasteiger partial charge in [-0.25, -0.2) is 9.97 Å². The fourth-order valence-corrected chi connectivity index (χ4v) is 2.53. The summed E-state index contributed by atoms with van der Waals surface area (Å²) in [6, 6.07) is 10.3. The molecule has 2 aromatic rings. The summed E-state index contributed by atoms with van der Waals surface area (Å²) < 4.78 is 0. The molecule has 0 fully saturated rings. The summed E-state index contributed by atoms with van der Waals surface area (Å²) in [7, 11) is 0. The van der Waals surface area contributed by atoms with Gasteiger partial charge in [-0.05, 0) is 12.1 Å². The van der Waals surface area contributed by atoms with E-state index in [1.807, 2.05) is 24.4 Å². The molecule has 1 aromatic heterocycles. The molecule has 0 saturated carbocycles. The summed E-state index contributed by atoms with van der Waals surface area (Å²) in [5.74, 6) is 0.578. The van der Waals surface area contributed by atoms with Gasteiger partial charge in [0, 0.05) is 38.7 Å². The highest BCUT2D eigenvalue weighted by molar-refractivity contribution is 5.72. The average Bonchev–Trinajstić information content (AvgIpc) is 2.95. The van der Waals surface area contributed by atoms with Gasteiger partial charge >= 0.3 is 0 Å². The maximum Gasteiger partial charge on any atom is 0.223 e. The van der Waals surface area contributed by atoms with Gasteiger partial charge in [0.25, 0.3) is 0 Å². The minimum absolute atomic E-state index is 0.0322. The van der Waals surface area contributed by atoms with Crippen LogP contribution in [0.3, 0.4) is 0 Å². The van der Waals surface area contributed by atoms with Crippen LogP contribution in [0.1, 0.15) is 12.6 Å². The Morgan fingerprint density at radius 3 is 2.86 bits per heavy atom. The Hall–Kier alpha value is -2.63. The lowest BCUT2D eigenvalue weighted by Gasteiger charge is -2.18. The molecule has 1 aromatic carbocycles. The zero-order valence-corrected chi connectivity index (χ0v) is 12.5. The quantitative estimate of drug-likeness (QED) is 0.822. The Morgan fingerprint density at radius 2 is 2.09 bits per heavy atom. The molecule has 114 valence electrons. The summed E-state index contributed by atoms with van der Waals surface area (Å²) in [4.78, 5) is 22.0. The molecule has 1 aliphatic heterocycles. The molecule has 0 saturated heterocycles. The van der Waals surface area contributed by atoms with E-state index in [4.69, 9.17) is 0 Å². The first-order valence-corrected chi connectivity index (χ1v) is 7.41. The highest BCUT2D eigenvalue weighted by atomic mass is 16.1. The maximum atomic E-state index is 10.8. The Kier molecular flexibility index (Phi) is 4.18. The van der Waals surface area contributed by atoms with Crippen LogP contribution >= 0.6 is 0 Å². The second-order valence-electron chi connectivity index (χ2n) is 5.17. The predicted molar refractivity (Wildman–Crippen MR) is 86.4 cm³/mol. The second-order valence-corrected chi connectivity index (χ2v) is 5.17. The third-order valence-electron chi connectivity index (χ3n) is 3.56. The number of hydrogen-bond acceptors (Lipinski definition) is 5. The molecule has 2 N–H and O–H groups in total. The molecule has 1 amide bonds. The van der Waals surface area contributed by atoms with Gasteiger partial charge in [-0.2, -0.15) is 0 Å². The molecule has 0 spiro atoms. The van der Waals surface area contributed by atoms with E-state index >= 15 is 0 Å². The van der Waals surface area contributed by atoms with Crippen molar-refractivity contribution in [3.63, 3.8) is 0 Å². The monoisotopic (exact) mass is 297 g/mol. The lowest BCUT2D eigenvalue weighted by molar-refractivity contribution is -0.118. The Labute approximate surface area is 129 Å². The van der Waals surface area contributed by atoms with Gasteiger partial charge in [0.05, 0.1) is 17.6 Å². The van der Waals surface area contributed by atoms with Gasteiger partial charge in [-0.1, -0.05) is 18.2 Å². The van der Waals surface area contributed by atoms with Crippen LogP contribution in [-0.2, 0) is 11.2 Å². The Morgan fingerprint density at radius 1 is 1.27 bits per heavy atom. The van der Waals surface area contributed by atoms with Gasteiger partial charge in [0.1, 0.15) is 0 Å². The molecule has 2 heterocycles. The van der Waals surface area contributed by atoms with E-state index in [9.17, 15) is 4.79 Å². The van der Waals surface area contributed by atoms with Crippen molar-refractivity contribution in [1.82, 2.24) is 15.3 Å². The van der Waals surface area contributed by atoms with Crippen LogP contribution in [0.15, 0.2) is 36.5 Å². The number of carbonyl (C=O) groups is 1. The smallest absolute Gasteiger partial charge is 0.223 e. The largest absolute Gasteiger partial charge is 0.355 e. The van der Waals surface area contributed by atoms with Crippen molar-refractivity contribution < 1.29 is 4.79 Å². The molecule has 3 rings (SSSR count). The molecule has 0 atom stereocenters. The summed E-state index contributed by atoms with van der Waals surface area (Å²) in [5.41, 5.74) is 3.29. The van der Waals surface area contributed by atoms with Gasteiger partial charge in [-0.15, -0.1) is 0 Å². The van der Waals surface area contributed by atoms with Crippen LogP contribution < -0.4 is 15.5 Å². The molecule has 6 heteroatoms. The minimum atomic E-state index is -0.0322. The number of amides is 1. The molecule has 0 unspecified atom stereocenters. The highest BCUT2D eigenvalue weighted by Gasteiger charge is 2.22. The van der Waals surface area contributed by atoms with Crippen molar-refractivity contribution >= 4 is 23.2 Å². The zero-order valence-electron chi connectivity index (χ0n) is 12.5. The van der Waals surface area contributed by atoms with Crippen LogP contribution in [0.4, 0.5) is 17.3 Å². The first kappa shape index (κ1) is 14.3. The number of hydrogen-bond donors (Lipinski definition) is 2. The van der Waals surface area contributed by atoms with Crippen LogP contribution in [0.5, 0.6) is 0 Å². The number of aromatic nitrogens is 2. The van der Waals surface area contributed by atoms with Crippen molar-refractivity contribution in [3.8, 4) is 0 Å². The summed E-state index contributed by atoms with van der Waals surface area (Å²) >= 11 is 0. The number of nitrogens with zero attached hydrogens (tertiary/aromatic N) is 3. The minimum Gasteiger partial charge on any atom is -0.355 e. The van der Waals surface area contributed by atoms with Crippen molar-refractivity contribution in [3.05, 3.63) is 42.2 Å². The number of rotatable bonds is 5. The SMILES string of the molecule is CC(=O)NCCNc1ncc2c(n1)CCN2c1ccccc1. The normalized spacial score (nSPS) is 12.9. The Bertz CT molecular complexity index is 659. The molecule has 0 bridgehead atoms. The van der Waals surface area contributed by atoms with E-state index in [0.717, 1.165) is 30.0 Å². The lowest BCUT2D eigenvalue weighted by atomic mass is 10.3. The number of fused-ring (bicyclic) bond motifs is 1. The fourth-order valence-electron chi connectivity index (χ4n) is 2.53. The van der Waals surface area contributed by atoms with Crippen LogP contribution in [0.25, 0.3) is 0 Å². The van der Waals surface area contributed by atoms with Crippen LogP contribution in [-0.4, -0.2) is 35.5 Å². The fraction of sp³-hybridized carbons (Fsp3) is 0.312. The average molecular weight is 297 g/mol. The van der Waals surface area contributed by atoms with Crippen molar-refractivity contribution in [2.24, 2.45) is 0 Å². The van der Waals surface area contributed by atoms with E-state index in [1.165, 1.54) is 6.92 Å². The van der Waals surface area contributed by atoms with Gasteiger partial charge in [0.2, 0.25) is 11.9 Å². The predicted octanol–water partition coefficient (Wildman–Crippen LogP) is 1.72. The third-order valence-corrected chi connectivity index (χ3v) is 3.56. The molecular formula is C16H19N5O. The summed E-state index contributed by atoms with van der Waals surface area (Å²) in [6.45, 7) is 3.60. The first-order chi connectivity index (χ1) is 10.7. The van der Waals surface area contributed by atoms with Gasteiger partial charge in [-0.3, -0.25) is 4.79 Å². The lowest BCUT2D eigenvalue weighted by Crippen LogP contribution is -2.26. The molecule has 0 radical (unpaired) electrons. The Balaban J connectivity index is 1.67. The second kappa shape index (κ2) is 6.43. The first-order valence-electron chi connectivity index (χ1n) is 7.41. The number of benzene rings is 1. The number of carbonyl (C=O) groups excluding carboxylic acids is 1. The maximum absolute atomic E-state index is 10.8. The van der Waals surface area contributed by atoms with Gasteiger partial charge < -0.3 is 15.5 Å². The summed E-state index contributed by atoms with van der Waals surface area (Å²) in [5, 5.41) is 5.86. The molecule has 6 nitrogen and oxygen atoms in total. The van der Waals surface area contributed by atoms with Crippen molar-refractivity contribution in [2.45, 2.75) is 13.3 Å². The van der Waals surface area contributed by atoms with E-state index in [2.05, 4.69) is 37.6 Å². The number of anilines is 3. The van der Waals surface area contributed by atoms with Crippen LogP contribution in [0, 0.1) is 0 Å². The number of nitrogens with one attached hydrogen (secondary N) is 2. The van der Waals surface area contributed by atoms with E-state index in [1.54, 1.807) is 0 Å². The topological polar surface area (TPSA) is 70.1 Å². The van der Waals surface area contributed by atoms with E-state index < -0.39 is 0 Å². The van der Waals surface area contributed by atoms with Crippen LogP contribution in [0.2, 0.25) is 0 Å². The number of para-hydroxylation sites is 1. The van der Waals surface area contributed by atoms with Crippen molar-refractivity contribution in [1.29, 1.82) is 0 Å². The summed E-state index contributed by atoms with van der Waals surface area (Å²) in [6.07, 6.45) is 2.77. The van der Waals surface area contributed by atoms with E-state index in [-0.39, 0.29) is 5.91 Å². The molecule has 0 aliphatic carbocycles. The standard InChI is InChI=1S/C16H19N5O/c1-12(22)17-8-9-18-16-19-11-15-14(20-16)7-10-21(15)13-5-3-2-4-6-13/h2-6,11H,7-10H2,1H3,(H,17,22)(H,18,19,20). The third kappa shape index (κ3) is 3.16. The zero-order chi connectivity index (χ0) is 15.4. The molecule has 1 aliphatic rings. The molecule has 22 heavy (non-hydrogen) atoms. The highest BCUT2D eigenvalue weighted by Crippen LogP contribution is 2.32. The van der Waals surface area contributed by atoms with Gasteiger partial charge in [0.15, 0.2) is 0 Å².